The monoisotopic (exact) mass is 163 g/mol. The molecule has 1 aliphatic carbocycles. The van der Waals surface area contributed by atoms with E-state index in [-0.39, 0.29) is 17.9 Å². The molecule has 2 N–H and O–H groups in total. The molecule has 0 aromatic rings. The Morgan fingerprint density at radius 3 is 1.60 bits per heavy atom. The van der Waals surface area contributed by atoms with Crippen LogP contribution in [0.1, 0.15) is 40.0 Å². The third kappa shape index (κ3) is 1.46. The molecular weight excluding hydrogens is 146 g/mol. The Kier molecular flexibility index (Phi) is 2.77. The summed E-state index contributed by atoms with van der Waals surface area (Å²) < 4.78 is 0. The summed E-state index contributed by atoms with van der Waals surface area (Å²) in [6.07, 6.45) is 3.76. The number of halogens is 1. The molecule has 2 heteroatoms. The average Bonchev–Trinajstić information content (AvgIpc) is 1.57. The first-order valence-corrected chi connectivity index (χ1v) is 3.75. The Bertz CT molecular complexity index is 111. The van der Waals surface area contributed by atoms with Crippen LogP contribution in [-0.2, 0) is 0 Å². The molecule has 0 heterocycles. The highest BCUT2D eigenvalue weighted by Gasteiger charge is 2.42. The van der Waals surface area contributed by atoms with E-state index in [9.17, 15) is 0 Å². The Labute approximate surface area is 69.8 Å². The minimum Gasteiger partial charge on any atom is -0.325 e. The Balaban J connectivity index is 0.000000810. The maximum absolute atomic E-state index is 6.08. The quantitative estimate of drug-likeness (QED) is 0.583. The Morgan fingerprint density at radius 1 is 1.20 bits per heavy atom. The van der Waals surface area contributed by atoms with E-state index in [1.807, 2.05) is 0 Å². The summed E-state index contributed by atoms with van der Waals surface area (Å²) in [5.74, 6) is 0. The standard InChI is InChI=1S/C8H17N.ClH/c1-7(2,3)8(9)5-4-6-8;/h4-6,9H2,1-3H3;1H. The van der Waals surface area contributed by atoms with Crippen LogP contribution in [0.15, 0.2) is 0 Å². The molecule has 0 saturated heterocycles. The Hall–Kier alpha value is 0.250. The SMILES string of the molecule is CC(C)(C)C1(N)CCC1.Cl. The van der Waals surface area contributed by atoms with Crippen LogP contribution in [0.4, 0.5) is 0 Å². The van der Waals surface area contributed by atoms with E-state index in [1.165, 1.54) is 19.3 Å². The van der Waals surface area contributed by atoms with Crippen molar-refractivity contribution < 1.29 is 0 Å². The van der Waals surface area contributed by atoms with Gasteiger partial charge in [-0.25, -0.2) is 0 Å². The van der Waals surface area contributed by atoms with E-state index >= 15 is 0 Å². The van der Waals surface area contributed by atoms with Crippen LogP contribution in [0.5, 0.6) is 0 Å². The Morgan fingerprint density at radius 2 is 1.60 bits per heavy atom. The molecule has 0 spiro atoms. The second-order valence-electron chi connectivity index (χ2n) is 4.26. The van der Waals surface area contributed by atoms with Gasteiger partial charge in [-0.15, -0.1) is 12.4 Å². The van der Waals surface area contributed by atoms with Gasteiger partial charge in [0.2, 0.25) is 0 Å². The van der Waals surface area contributed by atoms with Crippen LogP contribution in [0.2, 0.25) is 0 Å². The summed E-state index contributed by atoms with van der Waals surface area (Å²) in [7, 11) is 0. The van der Waals surface area contributed by atoms with Crippen molar-refractivity contribution in [3.8, 4) is 0 Å². The molecule has 0 bridgehead atoms. The van der Waals surface area contributed by atoms with Crippen LogP contribution in [0, 0.1) is 5.41 Å². The van der Waals surface area contributed by atoms with Gasteiger partial charge in [0.1, 0.15) is 0 Å². The fourth-order valence-corrected chi connectivity index (χ4v) is 1.31. The molecule has 0 amide bonds. The molecule has 10 heavy (non-hydrogen) atoms. The van der Waals surface area contributed by atoms with Crippen molar-refractivity contribution in [2.45, 2.75) is 45.6 Å². The van der Waals surface area contributed by atoms with E-state index < -0.39 is 0 Å². The molecule has 1 saturated carbocycles. The second-order valence-corrected chi connectivity index (χ2v) is 4.26. The highest BCUT2D eigenvalue weighted by Crippen LogP contribution is 2.43. The third-order valence-electron chi connectivity index (χ3n) is 2.74. The fraction of sp³-hybridized carbons (Fsp3) is 1.00. The number of hydrogen-bond donors (Lipinski definition) is 1. The molecule has 1 rings (SSSR count). The molecule has 1 aliphatic rings. The lowest BCUT2D eigenvalue weighted by Crippen LogP contribution is -2.56. The predicted octanol–water partition coefficient (Wildman–Crippen LogP) is 2.34. The van der Waals surface area contributed by atoms with Gasteiger partial charge in [-0.05, 0) is 24.7 Å². The molecule has 0 radical (unpaired) electrons. The van der Waals surface area contributed by atoms with Gasteiger partial charge in [-0.1, -0.05) is 20.8 Å². The lowest BCUT2D eigenvalue weighted by Gasteiger charge is -2.48. The van der Waals surface area contributed by atoms with E-state index in [0.717, 1.165) is 0 Å². The van der Waals surface area contributed by atoms with Gasteiger partial charge in [-0.3, -0.25) is 0 Å². The first kappa shape index (κ1) is 10.2. The van der Waals surface area contributed by atoms with Crippen LogP contribution in [0.25, 0.3) is 0 Å². The van der Waals surface area contributed by atoms with Gasteiger partial charge in [0.05, 0.1) is 0 Å². The minimum atomic E-state index is 0. The number of rotatable bonds is 0. The number of nitrogens with two attached hydrogens (primary N) is 1. The van der Waals surface area contributed by atoms with Gasteiger partial charge in [0.25, 0.3) is 0 Å². The van der Waals surface area contributed by atoms with Crippen LogP contribution < -0.4 is 5.73 Å². The van der Waals surface area contributed by atoms with Crippen molar-refractivity contribution in [2.24, 2.45) is 11.1 Å². The normalized spacial score (nSPS) is 22.8. The molecule has 62 valence electrons. The van der Waals surface area contributed by atoms with Gasteiger partial charge in [0, 0.05) is 5.54 Å². The van der Waals surface area contributed by atoms with Gasteiger partial charge < -0.3 is 5.73 Å². The summed E-state index contributed by atoms with van der Waals surface area (Å²) in [5, 5.41) is 0. The maximum Gasteiger partial charge on any atom is 0.0203 e. The zero-order chi connectivity index (χ0) is 7.12. The molecule has 0 aliphatic heterocycles. The largest absolute Gasteiger partial charge is 0.325 e. The predicted molar refractivity (Wildman–Crippen MR) is 47.5 cm³/mol. The third-order valence-corrected chi connectivity index (χ3v) is 2.74. The summed E-state index contributed by atoms with van der Waals surface area (Å²) in [6, 6.07) is 0. The van der Waals surface area contributed by atoms with E-state index in [0.29, 0.717) is 5.41 Å². The fourth-order valence-electron chi connectivity index (χ4n) is 1.31. The molecule has 0 aromatic carbocycles. The molecule has 0 aromatic heterocycles. The molecule has 0 atom stereocenters. The van der Waals surface area contributed by atoms with Gasteiger partial charge >= 0.3 is 0 Å². The first-order valence-electron chi connectivity index (χ1n) is 3.75. The average molecular weight is 164 g/mol. The lowest BCUT2D eigenvalue weighted by atomic mass is 9.62. The second kappa shape index (κ2) is 2.71. The summed E-state index contributed by atoms with van der Waals surface area (Å²) in [4.78, 5) is 0. The zero-order valence-electron chi connectivity index (χ0n) is 7.11. The summed E-state index contributed by atoms with van der Waals surface area (Å²) >= 11 is 0. The van der Waals surface area contributed by atoms with E-state index in [2.05, 4.69) is 20.8 Å². The molecular formula is C8H18ClN. The van der Waals surface area contributed by atoms with Crippen molar-refractivity contribution in [1.82, 2.24) is 0 Å². The van der Waals surface area contributed by atoms with Gasteiger partial charge in [-0.2, -0.15) is 0 Å². The molecule has 1 nitrogen and oxygen atoms in total. The van der Waals surface area contributed by atoms with Crippen molar-refractivity contribution >= 4 is 12.4 Å². The number of hydrogen-bond acceptors (Lipinski definition) is 1. The molecule has 0 unspecified atom stereocenters. The first-order chi connectivity index (χ1) is 3.96. The van der Waals surface area contributed by atoms with E-state index in [1.54, 1.807) is 0 Å². The lowest BCUT2D eigenvalue weighted by molar-refractivity contribution is 0.0939. The maximum atomic E-state index is 6.08. The van der Waals surface area contributed by atoms with Crippen molar-refractivity contribution in [1.29, 1.82) is 0 Å². The highest BCUT2D eigenvalue weighted by atomic mass is 35.5. The molecule has 1 fully saturated rings. The summed E-state index contributed by atoms with van der Waals surface area (Å²) in [6.45, 7) is 6.68. The highest BCUT2D eigenvalue weighted by molar-refractivity contribution is 5.85. The topological polar surface area (TPSA) is 26.0 Å². The van der Waals surface area contributed by atoms with Crippen molar-refractivity contribution in [3.63, 3.8) is 0 Å². The smallest absolute Gasteiger partial charge is 0.0203 e. The van der Waals surface area contributed by atoms with Gasteiger partial charge in [0.15, 0.2) is 0 Å². The van der Waals surface area contributed by atoms with E-state index in [4.69, 9.17) is 5.73 Å². The minimum absolute atomic E-state index is 0. The van der Waals surface area contributed by atoms with Crippen molar-refractivity contribution in [2.75, 3.05) is 0 Å². The summed E-state index contributed by atoms with van der Waals surface area (Å²) in [5.41, 5.74) is 6.55. The van der Waals surface area contributed by atoms with Crippen molar-refractivity contribution in [3.05, 3.63) is 0 Å². The zero-order valence-corrected chi connectivity index (χ0v) is 7.92. The van der Waals surface area contributed by atoms with Crippen LogP contribution >= 0.6 is 12.4 Å². The van der Waals surface area contributed by atoms with Crippen LogP contribution in [0.3, 0.4) is 0 Å². The van der Waals surface area contributed by atoms with Crippen LogP contribution in [-0.4, -0.2) is 5.54 Å².